The number of carbonyl (C=O) groups is 3. The average molecular weight is 425 g/mol. The van der Waals surface area contributed by atoms with E-state index in [1.165, 1.54) is 0 Å². The smallest absolute Gasteiger partial charge is 0.268 e. The normalized spacial score (nSPS) is 19.4. The summed E-state index contributed by atoms with van der Waals surface area (Å²) >= 11 is 0. The molecule has 3 amide bonds. The Morgan fingerprint density at radius 2 is 2.13 bits per heavy atom. The van der Waals surface area contributed by atoms with Crippen molar-refractivity contribution in [2.75, 3.05) is 13.7 Å². The third-order valence-corrected chi connectivity index (χ3v) is 5.33. The number of aromatic amines is 1. The van der Waals surface area contributed by atoms with Crippen molar-refractivity contribution >= 4 is 28.6 Å². The number of nitriles is 1. The van der Waals surface area contributed by atoms with E-state index in [4.69, 9.17) is 4.74 Å². The van der Waals surface area contributed by atoms with E-state index in [2.05, 4.69) is 27.0 Å². The fourth-order valence-electron chi connectivity index (χ4n) is 3.76. The summed E-state index contributed by atoms with van der Waals surface area (Å²) in [4.78, 5) is 40.7. The van der Waals surface area contributed by atoms with Crippen LogP contribution in [0.15, 0.2) is 24.3 Å². The topological polar surface area (TPSA) is 136 Å². The van der Waals surface area contributed by atoms with Gasteiger partial charge in [0.2, 0.25) is 11.8 Å². The number of piperidine rings is 1. The van der Waals surface area contributed by atoms with Crippen LogP contribution >= 0.6 is 0 Å². The lowest BCUT2D eigenvalue weighted by Crippen LogP contribution is -2.59. The highest BCUT2D eigenvalue weighted by Crippen LogP contribution is 2.26. The number of fused-ring (bicyclic) bond motifs is 1. The summed E-state index contributed by atoms with van der Waals surface area (Å²) in [6, 6.07) is 8.35. The predicted octanol–water partition coefficient (Wildman–Crippen LogP) is 1.61. The van der Waals surface area contributed by atoms with E-state index in [0.29, 0.717) is 30.8 Å². The van der Waals surface area contributed by atoms with Crippen molar-refractivity contribution in [3.05, 3.63) is 30.0 Å². The Balaban J connectivity index is 1.79. The van der Waals surface area contributed by atoms with Crippen LogP contribution in [-0.4, -0.2) is 47.9 Å². The Morgan fingerprint density at radius 3 is 2.77 bits per heavy atom. The number of aromatic nitrogens is 1. The second kappa shape index (κ2) is 9.08. The lowest BCUT2D eigenvalue weighted by atomic mass is 9.88. The van der Waals surface area contributed by atoms with Gasteiger partial charge in [0, 0.05) is 23.9 Å². The van der Waals surface area contributed by atoms with Crippen molar-refractivity contribution in [3.63, 3.8) is 0 Å². The Hall–Kier alpha value is -3.54. The minimum absolute atomic E-state index is 0.112. The van der Waals surface area contributed by atoms with Crippen LogP contribution in [0.5, 0.6) is 5.75 Å². The average Bonchev–Trinajstić information content (AvgIpc) is 3.17. The molecule has 2 aromatic rings. The number of methoxy groups -OCH3 is 1. The monoisotopic (exact) mass is 425 g/mol. The van der Waals surface area contributed by atoms with Crippen LogP contribution in [-0.2, 0) is 9.59 Å². The number of nitrogens with one attached hydrogen (secondary N) is 4. The zero-order valence-electron chi connectivity index (χ0n) is 17.9. The summed E-state index contributed by atoms with van der Waals surface area (Å²) in [6.45, 7) is 4.19. The summed E-state index contributed by atoms with van der Waals surface area (Å²) in [5.41, 5.74) is -0.229. The third kappa shape index (κ3) is 4.97. The predicted molar refractivity (Wildman–Crippen MR) is 114 cm³/mol. The second-order valence-corrected chi connectivity index (χ2v) is 8.22. The molecule has 1 aliphatic rings. The highest BCUT2D eigenvalue weighted by molar-refractivity contribution is 6.01. The maximum atomic E-state index is 13.0. The molecule has 2 heterocycles. The van der Waals surface area contributed by atoms with Gasteiger partial charge >= 0.3 is 0 Å². The molecule has 0 saturated carbocycles. The van der Waals surface area contributed by atoms with Gasteiger partial charge in [0.05, 0.1) is 19.6 Å². The molecule has 0 aliphatic carbocycles. The van der Waals surface area contributed by atoms with E-state index >= 15 is 0 Å². The van der Waals surface area contributed by atoms with Gasteiger partial charge in [0.25, 0.3) is 5.91 Å². The highest BCUT2D eigenvalue weighted by Gasteiger charge is 2.39. The number of hydrogen-bond acceptors (Lipinski definition) is 5. The minimum Gasteiger partial charge on any atom is -0.496 e. The Bertz CT molecular complexity index is 1040. The zero-order valence-corrected chi connectivity index (χ0v) is 17.9. The molecule has 164 valence electrons. The van der Waals surface area contributed by atoms with Gasteiger partial charge in [-0.05, 0) is 30.5 Å². The van der Waals surface area contributed by atoms with Gasteiger partial charge in [-0.15, -0.1) is 0 Å². The number of benzene rings is 1. The van der Waals surface area contributed by atoms with Gasteiger partial charge in [-0.25, -0.2) is 0 Å². The van der Waals surface area contributed by atoms with Gasteiger partial charge in [-0.2, -0.15) is 5.26 Å². The summed E-state index contributed by atoms with van der Waals surface area (Å²) in [7, 11) is 1.56. The van der Waals surface area contributed by atoms with Gasteiger partial charge in [-0.3, -0.25) is 14.4 Å². The molecule has 0 radical (unpaired) electrons. The molecular formula is C22H27N5O4. The first-order valence-electron chi connectivity index (χ1n) is 10.2. The standard InChI is InChI=1S/C22H27N5O4/c1-13(2)9-16(21(30)27-22(12-23)7-8-24-19(28)11-22)26-20(29)17-10-14-15(25-17)5-4-6-18(14)31-3/h4-6,10,13,16,25H,7-9,11H2,1-3H3,(H,24,28)(H,26,29)(H,27,30)/t16-,22-/m0/s1. The fourth-order valence-corrected chi connectivity index (χ4v) is 3.76. The van der Waals surface area contributed by atoms with Gasteiger partial charge in [0.1, 0.15) is 23.0 Å². The lowest BCUT2D eigenvalue weighted by molar-refractivity contribution is -0.127. The molecule has 0 unspecified atom stereocenters. The number of hydrogen-bond donors (Lipinski definition) is 4. The van der Waals surface area contributed by atoms with E-state index in [1.54, 1.807) is 19.2 Å². The molecule has 1 saturated heterocycles. The van der Waals surface area contributed by atoms with E-state index in [0.717, 1.165) is 10.9 Å². The highest BCUT2D eigenvalue weighted by atomic mass is 16.5. The Morgan fingerprint density at radius 1 is 1.35 bits per heavy atom. The van der Waals surface area contributed by atoms with E-state index < -0.39 is 23.4 Å². The van der Waals surface area contributed by atoms with E-state index in [-0.39, 0.29) is 18.2 Å². The Kier molecular flexibility index (Phi) is 6.49. The van der Waals surface area contributed by atoms with Crippen LogP contribution in [0, 0.1) is 17.2 Å². The van der Waals surface area contributed by atoms with Crippen molar-refractivity contribution in [1.29, 1.82) is 5.26 Å². The quantitative estimate of drug-likeness (QED) is 0.534. The van der Waals surface area contributed by atoms with Crippen LogP contribution in [0.3, 0.4) is 0 Å². The third-order valence-electron chi connectivity index (χ3n) is 5.33. The number of amides is 3. The molecule has 1 fully saturated rings. The molecule has 1 aromatic carbocycles. The van der Waals surface area contributed by atoms with Gasteiger partial charge < -0.3 is 25.7 Å². The molecule has 0 bridgehead atoms. The lowest BCUT2D eigenvalue weighted by Gasteiger charge is -2.33. The summed E-state index contributed by atoms with van der Waals surface area (Å²) in [5.74, 6) is -0.453. The van der Waals surface area contributed by atoms with Crippen molar-refractivity contribution in [2.45, 2.75) is 44.7 Å². The van der Waals surface area contributed by atoms with Crippen molar-refractivity contribution in [3.8, 4) is 11.8 Å². The number of carbonyl (C=O) groups excluding carboxylic acids is 3. The first-order valence-corrected chi connectivity index (χ1v) is 10.2. The van der Waals surface area contributed by atoms with Crippen LogP contribution in [0.25, 0.3) is 10.9 Å². The fraction of sp³-hybridized carbons (Fsp3) is 0.455. The Labute approximate surface area is 180 Å². The number of ether oxygens (including phenoxy) is 1. The van der Waals surface area contributed by atoms with Crippen LogP contribution in [0.2, 0.25) is 0 Å². The molecule has 2 atom stereocenters. The van der Waals surface area contributed by atoms with Gasteiger partial charge in [0.15, 0.2) is 0 Å². The van der Waals surface area contributed by atoms with Crippen LogP contribution in [0.4, 0.5) is 0 Å². The molecule has 0 spiro atoms. The SMILES string of the molecule is COc1cccc2[nH]c(C(=O)N[C@@H](CC(C)C)C(=O)N[C@@]3(C#N)CCNC(=O)C3)cc12. The van der Waals surface area contributed by atoms with Crippen molar-refractivity contribution in [2.24, 2.45) is 5.92 Å². The molecule has 9 nitrogen and oxygen atoms in total. The minimum atomic E-state index is -1.27. The maximum absolute atomic E-state index is 13.0. The molecule has 9 heteroatoms. The molecule has 3 rings (SSSR count). The summed E-state index contributed by atoms with van der Waals surface area (Å²) in [6.07, 6.45) is 0.583. The number of rotatable bonds is 7. The second-order valence-electron chi connectivity index (χ2n) is 8.22. The van der Waals surface area contributed by atoms with Gasteiger partial charge in [-0.1, -0.05) is 19.9 Å². The first kappa shape index (κ1) is 22.2. The van der Waals surface area contributed by atoms with Crippen molar-refractivity contribution in [1.82, 2.24) is 20.9 Å². The van der Waals surface area contributed by atoms with Crippen molar-refractivity contribution < 1.29 is 19.1 Å². The number of H-pyrrole nitrogens is 1. The largest absolute Gasteiger partial charge is 0.496 e. The van der Waals surface area contributed by atoms with E-state index in [1.807, 2.05) is 26.0 Å². The molecule has 1 aromatic heterocycles. The van der Waals surface area contributed by atoms with Crippen LogP contribution in [0.1, 0.15) is 43.6 Å². The maximum Gasteiger partial charge on any atom is 0.268 e. The zero-order chi connectivity index (χ0) is 22.6. The first-order chi connectivity index (χ1) is 14.8. The molecule has 1 aliphatic heterocycles. The number of nitrogens with zero attached hydrogens (tertiary/aromatic N) is 1. The summed E-state index contributed by atoms with van der Waals surface area (Å²) < 4.78 is 5.33. The van der Waals surface area contributed by atoms with Crippen LogP contribution < -0.4 is 20.7 Å². The molecule has 4 N–H and O–H groups in total. The molecular weight excluding hydrogens is 398 g/mol. The summed E-state index contributed by atoms with van der Waals surface area (Å²) in [5, 5.41) is 18.5. The van der Waals surface area contributed by atoms with E-state index in [9.17, 15) is 19.6 Å². The molecule has 31 heavy (non-hydrogen) atoms.